The number of phenolic OH excluding ortho intramolecular Hbond substituents is 1. The molecule has 5 heteroatoms. The van der Waals surface area contributed by atoms with Crippen molar-refractivity contribution in [2.24, 2.45) is 0 Å². The molecule has 0 saturated heterocycles. The number of hydrogen-bond donors (Lipinski definition) is 1. The standard InChI is InChI=1S/C18H21N3O.C5H8O/c1-11-6-7-14-15(9-11)20-21(19-14)16-10-12(2)8-13(17(16)22)18(3,4)5;1-4(2)5(3)6/h6-10,22H,1-5H3;1H2,2-3H3. The summed E-state index contributed by atoms with van der Waals surface area (Å²) in [6.07, 6.45) is 0. The molecule has 28 heavy (non-hydrogen) atoms. The van der Waals surface area contributed by atoms with Crippen molar-refractivity contribution in [3.05, 3.63) is 59.2 Å². The molecule has 3 rings (SSSR count). The molecule has 1 N–H and O–H groups in total. The summed E-state index contributed by atoms with van der Waals surface area (Å²) in [5.74, 6) is 0.310. The lowest BCUT2D eigenvalue weighted by Gasteiger charge is -2.22. The van der Waals surface area contributed by atoms with Gasteiger partial charge in [-0.05, 0) is 68.0 Å². The Hall–Kier alpha value is -2.95. The Morgan fingerprint density at radius 1 is 1.00 bits per heavy atom. The predicted octanol–water partition coefficient (Wildman–Crippen LogP) is 5.19. The van der Waals surface area contributed by atoms with E-state index in [9.17, 15) is 9.90 Å². The molecule has 1 heterocycles. The van der Waals surface area contributed by atoms with Crippen LogP contribution in [0, 0.1) is 13.8 Å². The highest BCUT2D eigenvalue weighted by atomic mass is 16.3. The summed E-state index contributed by atoms with van der Waals surface area (Å²) in [6.45, 7) is 16.9. The molecule has 0 saturated carbocycles. The van der Waals surface area contributed by atoms with Gasteiger partial charge >= 0.3 is 0 Å². The number of phenols is 1. The number of fused-ring (bicyclic) bond motifs is 1. The van der Waals surface area contributed by atoms with Crippen molar-refractivity contribution in [3.63, 3.8) is 0 Å². The monoisotopic (exact) mass is 379 g/mol. The molecule has 1 aromatic heterocycles. The van der Waals surface area contributed by atoms with Gasteiger partial charge in [-0.15, -0.1) is 15.0 Å². The summed E-state index contributed by atoms with van der Waals surface area (Å²) >= 11 is 0. The van der Waals surface area contributed by atoms with Crippen LogP contribution < -0.4 is 0 Å². The van der Waals surface area contributed by atoms with Crippen molar-refractivity contribution < 1.29 is 9.90 Å². The van der Waals surface area contributed by atoms with Gasteiger partial charge in [-0.2, -0.15) is 0 Å². The zero-order chi connectivity index (χ0) is 21.2. The van der Waals surface area contributed by atoms with Crippen LogP contribution in [0.1, 0.15) is 51.3 Å². The van der Waals surface area contributed by atoms with Gasteiger partial charge in [-0.25, -0.2) is 0 Å². The van der Waals surface area contributed by atoms with Crippen LogP contribution in [0.15, 0.2) is 42.5 Å². The fourth-order valence-corrected chi connectivity index (χ4v) is 2.62. The maximum atomic E-state index is 10.7. The summed E-state index contributed by atoms with van der Waals surface area (Å²) in [4.78, 5) is 11.6. The van der Waals surface area contributed by atoms with Crippen LogP contribution in [0.5, 0.6) is 5.75 Å². The summed E-state index contributed by atoms with van der Waals surface area (Å²) in [6, 6.07) is 9.89. The molecule has 148 valence electrons. The second-order valence-corrected chi connectivity index (χ2v) is 8.25. The van der Waals surface area contributed by atoms with Crippen molar-refractivity contribution in [1.82, 2.24) is 15.0 Å². The Morgan fingerprint density at radius 3 is 2.11 bits per heavy atom. The fraction of sp³-hybridized carbons (Fsp3) is 0.348. The van der Waals surface area contributed by atoms with E-state index < -0.39 is 0 Å². The number of nitrogens with zero attached hydrogens (tertiary/aromatic N) is 3. The third-order valence-corrected chi connectivity index (χ3v) is 4.39. The van der Waals surface area contributed by atoms with Gasteiger partial charge in [0.2, 0.25) is 0 Å². The van der Waals surface area contributed by atoms with Crippen LogP contribution in [0.3, 0.4) is 0 Å². The number of carbonyl (C=O) groups excluding carboxylic acids is 1. The number of aromatic nitrogens is 3. The molecular formula is C23H29N3O2. The summed E-state index contributed by atoms with van der Waals surface area (Å²) in [7, 11) is 0. The van der Waals surface area contributed by atoms with Crippen molar-refractivity contribution >= 4 is 16.8 Å². The van der Waals surface area contributed by atoms with E-state index in [1.165, 1.54) is 11.7 Å². The number of rotatable bonds is 2. The number of carbonyl (C=O) groups is 1. The van der Waals surface area contributed by atoms with E-state index in [4.69, 9.17) is 0 Å². The maximum absolute atomic E-state index is 10.7. The second-order valence-electron chi connectivity index (χ2n) is 8.25. The first kappa shape index (κ1) is 21.4. The van der Waals surface area contributed by atoms with Gasteiger partial charge in [0.05, 0.1) is 0 Å². The molecule has 0 bridgehead atoms. The smallest absolute Gasteiger partial charge is 0.154 e. The van der Waals surface area contributed by atoms with Gasteiger partial charge in [-0.3, -0.25) is 4.79 Å². The fourth-order valence-electron chi connectivity index (χ4n) is 2.62. The Bertz CT molecular complexity index is 1030. The topological polar surface area (TPSA) is 68.0 Å². The first-order chi connectivity index (χ1) is 12.9. The minimum Gasteiger partial charge on any atom is -0.505 e. The molecule has 0 unspecified atom stereocenters. The molecule has 2 aromatic carbocycles. The van der Waals surface area contributed by atoms with Crippen molar-refractivity contribution in [3.8, 4) is 11.4 Å². The lowest BCUT2D eigenvalue weighted by molar-refractivity contribution is -0.113. The largest absolute Gasteiger partial charge is 0.505 e. The van der Waals surface area contributed by atoms with Gasteiger partial charge in [0, 0.05) is 5.56 Å². The van der Waals surface area contributed by atoms with Crippen LogP contribution in [0.25, 0.3) is 16.7 Å². The normalized spacial score (nSPS) is 11.1. The van der Waals surface area contributed by atoms with Crippen molar-refractivity contribution in [1.29, 1.82) is 0 Å². The molecule has 3 aromatic rings. The SMILES string of the molecule is C=C(C)C(C)=O.Cc1cc(-n2nc3ccc(C)cc3n2)c(O)c(C(C)(C)C)c1. The molecular weight excluding hydrogens is 350 g/mol. The van der Waals surface area contributed by atoms with Crippen molar-refractivity contribution in [2.75, 3.05) is 0 Å². The van der Waals surface area contributed by atoms with E-state index in [2.05, 4.69) is 37.5 Å². The zero-order valence-electron chi connectivity index (χ0n) is 17.8. The zero-order valence-corrected chi connectivity index (χ0v) is 17.8. The van der Waals surface area contributed by atoms with E-state index >= 15 is 0 Å². The second kappa shape index (κ2) is 7.97. The lowest BCUT2D eigenvalue weighted by Crippen LogP contribution is -2.13. The highest BCUT2D eigenvalue weighted by molar-refractivity contribution is 5.91. The molecule has 0 aliphatic carbocycles. The first-order valence-electron chi connectivity index (χ1n) is 9.24. The summed E-state index contributed by atoms with van der Waals surface area (Å²) < 4.78 is 0. The number of Topliss-reactive ketones (excluding diaryl/α,β-unsaturated/α-hetero) is 1. The van der Waals surface area contributed by atoms with E-state index in [1.807, 2.05) is 44.2 Å². The third-order valence-electron chi connectivity index (χ3n) is 4.39. The van der Waals surface area contributed by atoms with Crippen LogP contribution in [0.2, 0.25) is 0 Å². The minimum absolute atomic E-state index is 0.0648. The number of hydrogen-bond acceptors (Lipinski definition) is 4. The van der Waals surface area contributed by atoms with Gasteiger partial charge in [-0.1, -0.05) is 39.5 Å². The Morgan fingerprint density at radius 2 is 1.57 bits per heavy atom. The van der Waals surface area contributed by atoms with Crippen LogP contribution in [-0.2, 0) is 10.2 Å². The Labute approximate surface area is 166 Å². The lowest BCUT2D eigenvalue weighted by atomic mass is 9.85. The molecule has 0 aliphatic rings. The van der Waals surface area contributed by atoms with E-state index in [1.54, 1.807) is 6.92 Å². The summed E-state index contributed by atoms with van der Waals surface area (Å²) in [5.41, 5.74) is 5.88. The molecule has 0 radical (unpaired) electrons. The van der Waals surface area contributed by atoms with Gasteiger partial charge in [0.1, 0.15) is 22.5 Å². The molecule has 0 amide bonds. The number of ketones is 1. The average Bonchev–Trinajstić information content (AvgIpc) is 2.98. The van der Waals surface area contributed by atoms with Gasteiger partial charge < -0.3 is 5.11 Å². The predicted molar refractivity (Wildman–Crippen MR) is 114 cm³/mol. The maximum Gasteiger partial charge on any atom is 0.154 e. The highest BCUT2D eigenvalue weighted by Crippen LogP contribution is 2.36. The number of allylic oxidation sites excluding steroid dienone is 1. The Kier molecular flexibility index (Phi) is 6.07. The molecule has 0 fully saturated rings. The first-order valence-corrected chi connectivity index (χ1v) is 9.24. The van der Waals surface area contributed by atoms with Crippen LogP contribution in [0.4, 0.5) is 0 Å². The van der Waals surface area contributed by atoms with Gasteiger partial charge in [0.25, 0.3) is 0 Å². The van der Waals surface area contributed by atoms with Crippen LogP contribution >= 0.6 is 0 Å². The average molecular weight is 380 g/mol. The molecule has 0 aliphatic heterocycles. The molecule has 5 nitrogen and oxygen atoms in total. The highest BCUT2D eigenvalue weighted by Gasteiger charge is 2.22. The number of benzene rings is 2. The van der Waals surface area contributed by atoms with Gasteiger partial charge in [0.15, 0.2) is 5.78 Å². The van der Waals surface area contributed by atoms with Crippen LogP contribution in [-0.4, -0.2) is 25.9 Å². The number of aryl methyl sites for hydroxylation is 2. The van der Waals surface area contributed by atoms with E-state index in [-0.39, 0.29) is 16.9 Å². The third kappa shape index (κ3) is 4.85. The minimum atomic E-state index is -0.145. The molecule has 0 atom stereocenters. The molecule has 0 spiro atoms. The summed E-state index contributed by atoms with van der Waals surface area (Å²) in [5, 5.41) is 19.7. The van der Waals surface area contributed by atoms with E-state index in [0.29, 0.717) is 11.3 Å². The van der Waals surface area contributed by atoms with Crippen molar-refractivity contribution in [2.45, 2.75) is 53.9 Å². The Balaban J connectivity index is 0.000000409. The van der Waals surface area contributed by atoms with E-state index in [0.717, 1.165) is 27.7 Å². The number of aromatic hydroxyl groups is 1. The quantitative estimate of drug-likeness (QED) is 0.622.